The zero-order valence-electron chi connectivity index (χ0n) is 13.1. The molecule has 0 radical (unpaired) electrons. The first-order valence-corrected chi connectivity index (χ1v) is 6.80. The number of hydrogen-bond acceptors (Lipinski definition) is 4. The Balaban J connectivity index is 2.18. The van der Waals surface area contributed by atoms with Crippen molar-refractivity contribution < 1.29 is 14.0 Å². The summed E-state index contributed by atoms with van der Waals surface area (Å²) in [5.74, 6) is 2.65. The Kier molecular flexibility index (Phi) is 3.94. The van der Waals surface area contributed by atoms with Crippen LogP contribution in [0.25, 0.3) is 6.08 Å². The lowest BCUT2D eigenvalue weighted by molar-refractivity contribution is 0.00578. The minimum absolute atomic E-state index is 0.327. The maximum atomic E-state index is 5.91. The van der Waals surface area contributed by atoms with Crippen molar-refractivity contribution >= 4 is 13.2 Å². The molecule has 2 heterocycles. The molecule has 1 aromatic heterocycles. The smallest absolute Gasteiger partial charge is 0.487 e. The van der Waals surface area contributed by atoms with Crippen LogP contribution in [-0.2, 0) is 9.31 Å². The summed E-state index contributed by atoms with van der Waals surface area (Å²) < 4.78 is 17.2. The van der Waals surface area contributed by atoms with E-state index in [4.69, 9.17) is 14.0 Å². The van der Waals surface area contributed by atoms with Crippen LogP contribution in [0.3, 0.4) is 0 Å². The molecule has 0 aliphatic carbocycles. The third kappa shape index (κ3) is 2.74. The van der Waals surface area contributed by atoms with Crippen LogP contribution < -0.4 is 4.74 Å². The SMILES string of the molecule is COc1c(C)ccnc1/C=C/B1OC(C)(C)C(C)(C)O1. The molecular formula is C15H22BNO3. The van der Waals surface area contributed by atoms with Gasteiger partial charge in [0.05, 0.1) is 18.3 Å². The van der Waals surface area contributed by atoms with Crippen molar-refractivity contribution in [3.63, 3.8) is 0 Å². The molecule has 1 fully saturated rings. The molecule has 20 heavy (non-hydrogen) atoms. The average Bonchev–Trinajstić information content (AvgIpc) is 2.55. The summed E-state index contributed by atoms with van der Waals surface area (Å²) in [7, 11) is 1.28. The standard InChI is InChI=1S/C15H22BNO3/c1-11-8-10-17-12(13(11)18-6)7-9-16-19-14(2,3)15(4,5)20-16/h7-10H,1-6H3/b9-7+. The molecule has 0 saturated carbocycles. The Morgan fingerprint density at radius 1 is 1.20 bits per heavy atom. The van der Waals surface area contributed by atoms with Gasteiger partial charge in [-0.2, -0.15) is 0 Å². The highest BCUT2D eigenvalue weighted by atomic mass is 16.7. The van der Waals surface area contributed by atoms with E-state index in [0.29, 0.717) is 0 Å². The van der Waals surface area contributed by atoms with Crippen LogP contribution >= 0.6 is 0 Å². The summed E-state index contributed by atoms with van der Waals surface area (Å²) in [4.78, 5) is 4.32. The molecule has 2 rings (SSSR count). The topological polar surface area (TPSA) is 40.6 Å². The molecular weight excluding hydrogens is 253 g/mol. The van der Waals surface area contributed by atoms with Crippen molar-refractivity contribution in [3.05, 3.63) is 29.5 Å². The van der Waals surface area contributed by atoms with Gasteiger partial charge in [-0.15, -0.1) is 0 Å². The quantitative estimate of drug-likeness (QED) is 0.795. The lowest BCUT2D eigenvalue weighted by Gasteiger charge is -2.32. The number of hydrogen-bond donors (Lipinski definition) is 0. The third-order valence-electron chi connectivity index (χ3n) is 4.02. The molecule has 1 saturated heterocycles. The molecule has 0 spiro atoms. The predicted molar refractivity (Wildman–Crippen MR) is 80.6 cm³/mol. The highest BCUT2D eigenvalue weighted by molar-refractivity contribution is 6.52. The molecule has 1 aromatic rings. The van der Waals surface area contributed by atoms with Crippen molar-refractivity contribution in [2.24, 2.45) is 0 Å². The highest BCUT2D eigenvalue weighted by Crippen LogP contribution is 2.37. The van der Waals surface area contributed by atoms with Crippen molar-refractivity contribution in [1.82, 2.24) is 4.98 Å². The monoisotopic (exact) mass is 275 g/mol. The van der Waals surface area contributed by atoms with Gasteiger partial charge in [0.15, 0.2) is 0 Å². The van der Waals surface area contributed by atoms with E-state index >= 15 is 0 Å². The number of ether oxygens (including phenoxy) is 1. The molecule has 108 valence electrons. The second-order valence-corrected chi connectivity index (χ2v) is 6.03. The van der Waals surface area contributed by atoms with Crippen molar-refractivity contribution in [1.29, 1.82) is 0 Å². The third-order valence-corrected chi connectivity index (χ3v) is 4.02. The van der Waals surface area contributed by atoms with Crippen LogP contribution in [0.2, 0.25) is 0 Å². The number of aryl methyl sites for hydroxylation is 1. The molecule has 5 heteroatoms. The van der Waals surface area contributed by atoms with Gasteiger partial charge in [0, 0.05) is 6.20 Å². The van der Waals surface area contributed by atoms with Crippen LogP contribution in [0.4, 0.5) is 0 Å². The Morgan fingerprint density at radius 3 is 2.35 bits per heavy atom. The van der Waals surface area contributed by atoms with Gasteiger partial charge in [-0.05, 0) is 52.3 Å². The summed E-state index contributed by atoms with van der Waals surface area (Å²) in [5.41, 5.74) is 1.18. The van der Waals surface area contributed by atoms with E-state index in [1.165, 1.54) is 0 Å². The molecule has 1 aliphatic heterocycles. The normalized spacial score (nSPS) is 20.6. The van der Waals surface area contributed by atoms with Gasteiger partial charge in [-0.25, -0.2) is 0 Å². The first kappa shape index (κ1) is 15.1. The minimum Gasteiger partial charge on any atom is -0.494 e. The number of nitrogens with zero attached hydrogens (tertiary/aromatic N) is 1. The Bertz CT molecular complexity index is 510. The Morgan fingerprint density at radius 2 is 1.80 bits per heavy atom. The van der Waals surface area contributed by atoms with Gasteiger partial charge < -0.3 is 14.0 Å². The average molecular weight is 275 g/mol. The fourth-order valence-electron chi connectivity index (χ4n) is 2.09. The van der Waals surface area contributed by atoms with Gasteiger partial charge in [-0.1, -0.05) is 5.98 Å². The van der Waals surface area contributed by atoms with Crippen LogP contribution in [0, 0.1) is 6.92 Å². The number of aromatic nitrogens is 1. The fraction of sp³-hybridized carbons (Fsp3) is 0.533. The number of pyridine rings is 1. The van der Waals surface area contributed by atoms with E-state index in [-0.39, 0.29) is 18.3 Å². The van der Waals surface area contributed by atoms with Crippen LogP contribution in [0.15, 0.2) is 18.2 Å². The predicted octanol–water partition coefficient (Wildman–Crippen LogP) is 3.04. The zero-order valence-corrected chi connectivity index (χ0v) is 13.1. The van der Waals surface area contributed by atoms with Crippen LogP contribution in [-0.4, -0.2) is 30.4 Å². The number of rotatable bonds is 3. The summed E-state index contributed by atoms with van der Waals surface area (Å²) in [5, 5.41) is 0. The Labute approximate surface area is 121 Å². The minimum atomic E-state index is -0.369. The second-order valence-electron chi connectivity index (χ2n) is 6.03. The molecule has 0 N–H and O–H groups in total. The number of methoxy groups -OCH3 is 1. The molecule has 0 aromatic carbocycles. The van der Waals surface area contributed by atoms with Crippen molar-refractivity contribution in [3.8, 4) is 5.75 Å². The van der Waals surface area contributed by atoms with E-state index in [2.05, 4.69) is 4.98 Å². The largest absolute Gasteiger partial charge is 0.494 e. The fourth-order valence-corrected chi connectivity index (χ4v) is 2.09. The summed E-state index contributed by atoms with van der Waals surface area (Å²) >= 11 is 0. The molecule has 0 amide bonds. The molecule has 1 aliphatic rings. The van der Waals surface area contributed by atoms with E-state index in [0.717, 1.165) is 17.0 Å². The van der Waals surface area contributed by atoms with Crippen LogP contribution in [0.1, 0.15) is 39.0 Å². The van der Waals surface area contributed by atoms with E-state index in [1.54, 1.807) is 13.3 Å². The lowest BCUT2D eigenvalue weighted by atomic mass is 9.89. The maximum absolute atomic E-state index is 5.91. The lowest BCUT2D eigenvalue weighted by Crippen LogP contribution is -2.41. The van der Waals surface area contributed by atoms with Gasteiger partial charge in [-0.3, -0.25) is 4.98 Å². The highest BCUT2D eigenvalue weighted by Gasteiger charge is 2.50. The van der Waals surface area contributed by atoms with E-state index < -0.39 is 0 Å². The molecule has 0 bridgehead atoms. The van der Waals surface area contributed by atoms with Gasteiger partial charge in [0.1, 0.15) is 11.4 Å². The summed E-state index contributed by atoms with van der Waals surface area (Å²) in [6.45, 7) is 10.1. The molecule has 4 nitrogen and oxygen atoms in total. The molecule has 0 unspecified atom stereocenters. The zero-order chi connectivity index (χ0) is 15.0. The summed E-state index contributed by atoms with van der Waals surface area (Å²) in [6.07, 6.45) is 3.65. The molecule has 0 atom stereocenters. The van der Waals surface area contributed by atoms with E-state index in [1.807, 2.05) is 52.7 Å². The summed E-state index contributed by atoms with van der Waals surface area (Å²) in [6, 6.07) is 1.92. The maximum Gasteiger partial charge on any atom is 0.487 e. The van der Waals surface area contributed by atoms with Gasteiger partial charge in [0.25, 0.3) is 0 Å². The van der Waals surface area contributed by atoms with Crippen molar-refractivity contribution in [2.45, 2.75) is 45.8 Å². The Hall–Kier alpha value is -1.33. The first-order valence-electron chi connectivity index (χ1n) is 6.80. The second kappa shape index (κ2) is 5.22. The van der Waals surface area contributed by atoms with Gasteiger partial charge in [0.2, 0.25) is 0 Å². The van der Waals surface area contributed by atoms with Crippen molar-refractivity contribution in [2.75, 3.05) is 7.11 Å². The van der Waals surface area contributed by atoms with Gasteiger partial charge >= 0.3 is 7.12 Å². The first-order chi connectivity index (χ1) is 9.27. The van der Waals surface area contributed by atoms with Crippen LogP contribution in [0.5, 0.6) is 5.75 Å². The van der Waals surface area contributed by atoms with E-state index in [9.17, 15) is 0 Å².